The first-order chi connectivity index (χ1) is 6.16. The molecule has 2 rings (SSSR count). The Morgan fingerprint density at radius 1 is 1.54 bits per heavy atom. The fraction of sp³-hybridized carbons (Fsp3) is 0. The second kappa shape index (κ2) is 3.36. The molecule has 0 aliphatic rings. The van der Waals surface area contributed by atoms with Gasteiger partial charge in [0.25, 0.3) is 5.24 Å². The van der Waals surface area contributed by atoms with Gasteiger partial charge < -0.3 is 0 Å². The molecule has 0 bridgehead atoms. The maximum absolute atomic E-state index is 10.8. The van der Waals surface area contributed by atoms with Crippen molar-refractivity contribution in [1.82, 2.24) is 4.98 Å². The summed E-state index contributed by atoms with van der Waals surface area (Å²) in [6, 6.07) is 5.64. The minimum absolute atomic E-state index is 0.342. The Bertz CT molecular complexity index is 482. The van der Waals surface area contributed by atoms with E-state index < -0.39 is 5.24 Å². The molecule has 5 heteroatoms. The molecule has 0 saturated carbocycles. The number of nitrogens with zero attached hydrogens (tertiary/aromatic N) is 1. The SMILES string of the molecule is O=C(Cl)c1nc2ccc(Br)cc2s1. The van der Waals surface area contributed by atoms with Crippen molar-refractivity contribution in [2.24, 2.45) is 0 Å². The smallest absolute Gasteiger partial charge is 0.273 e. The van der Waals surface area contributed by atoms with E-state index in [1.807, 2.05) is 18.2 Å². The number of benzene rings is 1. The van der Waals surface area contributed by atoms with Crippen LogP contribution in [0, 0.1) is 0 Å². The van der Waals surface area contributed by atoms with Gasteiger partial charge in [0.1, 0.15) is 0 Å². The summed E-state index contributed by atoms with van der Waals surface area (Å²) < 4.78 is 1.93. The van der Waals surface area contributed by atoms with Gasteiger partial charge in [0.05, 0.1) is 10.2 Å². The minimum atomic E-state index is -0.502. The standard InChI is InChI=1S/C8H3BrClNOS/c9-4-1-2-5-6(3-4)13-8(11-5)7(10)12/h1-3H. The van der Waals surface area contributed by atoms with E-state index in [0.717, 1.165) is 14.7 Å². The maximum atomic E-state index is 10.8. The van der Waals surface area contributed by atoms with Crippen molar-refractivity contribution in [2.45, 2.75) is 0 Å². The summed E-state index contributed by atoms with van der Waals surface area (Å²) in [6.45, 7) is 0. The Morgan fingerprint density at radius 3 is 3.00 bits per heavy atom. The first-order valence-corrected chi connectivity index (χ1v) is 5.41. The number of hydrogen-bond acceptors (Lipinski definition) is 3. The van der Waals surface area contributed by atoms with Crippen LogP contribution in [0.15, 0.2) is 22.7 Å². The molecule has 0 aliphatic heterocycles. The molecule has 0 aliphatic carbocycles. The number of rotatable bonds is 1. The Kier molecular flexibility index (Phi) is 2.36. The molecule has 0 atom stereocenters. The molecule has 13 heavy (non-hydrogen) atoms. The lowest BCUT2D eigenvalue weighted by atomic mass is 10.3. The third-order valence-electron chi connectivity index (χ3n) is 1.52. The highest BCUT2D eigenvalue weighted by atomic mass is 79.9. The van der Waals surface area contributed by atoms with E-state index in [1.165, 1.54) is 11.3 Å². The summed E-state index contributed by atoms with van der Waals surface area (Å²) in [7, 11) is 0. The maximum Gasteiger partial charge on any atom is 0.281 e. The zero-order valence-electron chi connectivity index (χ0n) is 6.25. The molecule has 1 heterocycles. The molecule has 0 unspecified atom stereocenters. The number of halogens is 2. The lowest BCUT2D eigenvalue weighted by molar-refractivity contribution is 0.108. The summed E-state index contributed by atoms with van der Waals surface area (Å²) >= 11 is 9.95. The van der Waals surface area contributed by atoms with Gasteiger partial charge in [0.15, 0.2) is 5.01 Å². The molecule has 0 radical (unpaired) electrons. The molecule has 1 aromatic heterocycles. The van der Waals surface area contributed by atoms with Crippen LogP contribution >= 0.6 is 38.9 Å². The largest absolute Gasteiger partial charge is 0.281 e. The number of carbonyl (C=O) groups is 1. The number of aromatic nitrogens is 1. The van der Waals surface area contributed by atoms with E-state index in [9.17, 15) is 4.79 Å². The van der Waals surface area contributed by atoms with E-state index >= 15 is 0 Å². The number of carbonyl (C=O) groups excluding carboxylic acids is 1. The summed E-state index contributed by atoms with van der Waals surface area (Å²) in [4.78, 5) is 14.9. The second-order valence-electron chi connectivity index (χ2n) is 2.40. The summed E-state index contributed by atoms with van der Waals surface area (Å²) in [5.74, 6) is 0. The van der Waals surface area contributed by atoms with Crippen LogP contribution in [0.3, 0.4) is 0 Å². The highest BCUT2D eigenvalue weighted by Crippen LogP contribution is 2.26. The predicted octanol–water partition coefficient (Wildman–Crippen LogP) is 3.44. The fourth-order valence-electron chi connectivity index (χ4n) is 0.983. The Hall–Kier alpha value is -0.450. The first kappa shape index (κ1) is 9.12. The van der Waals surface area contributed by atoms with Crippen molar-refractivity contribution in [1.29, 1.82) is 0 Å². The third-order valence-corrected chi connectivity index (χ3v) is 3.32. The van der Waals surface area contributed by atoms with Crippen LogP contribution < -0.4 is 0 Å². The summed E-state index contributed by atoms with van der Waals surface area (Å²) in [5.41, 5.74) is 0.803. The Balaban J connectivity index is 2.68. The van der Waals surface area contributed by atoms with Crippen molar-refractivity contribution >= 4 is 54.3 Å². The van der Waals surface area contributed by atoms with Crippen LogP contribution in [0.25, 0.3) is 10.2 Å². The van der Waals surface area contributed by atoms with Crippen molar-refractivity contribution in [3.8, 4) is 0 Å². The molecular formula is C8H3BrClNOS. The Morgan fingerprint density at radius 2 is 2.31 bits per heavy atom. The van der Waals surface area contributed by atoms with Crippen LogP contribution in [-0.2, 0) is 0 Å². The van der Waals surface area contributed by atoms with Crippen LogP contribution in [0.4, 0.5) is 0 Å². The summed E-state index contributed by atoms with van der Waals surface area (Å²) in [5, 5.41) is -0.160. The molecule has 1 aromatic carbocycles. The molecule has 0 spiro atoms. The number of hydrogen-bond donors (Lipinski definition) is 0. The quantitative estimate of drug-likeness (QED) is 0.747. The van der Waals surface area contributed by atoms with Crippen LogP contribution in [0.5, 0.6) is 0 Å². The highest BCUT2D eigenvalue weighted by Gasteiger charge is 2.08. The zero-order chi connectivity index (χ0) is 9.42. The first-order valence-electron chi connectivity index (χ1n) is 3.43. The predicted molar refractivity (Wildman–Crippen MR) is 57.5 cm³/mol. The van der Waals surface area contributed by atoms with Crippen LogP contribution in [0.1, 0.15) is 9.80 Å². The topological polar surface area (TPSA) is 30.0 Å². The van der Waals surface area contributed by atoms with Gasteiger partial charge >= 0.3 is 0 Å². The van der Waals surface area contributed by atoms with E-state index in [0.29, 0.717) is 5.01 Å². The van der Waals surface area contributed by atoms with Gasteiger partial charge in [-0.05, 0) is 29.8 Å². The highest BCUT2D eigenvalue weighted by molar-refractivity contribution is 9.10. The molecule has 0 fully saturated rings. The van der Waals surface area contributed by atoms with Crippen molar-refractivity contribution in [3.63, 3.8) is 0 Å². The summed E-state index contributed by atoms with van der Waals surface area (Å²) in [6.07, 6.45) is 0. The van der Waals surface area contributed by atoms with E-state index in [-0.39, 0.29) is 0 Å². The van der Waals surface area contributed by atoms with E-state index in [2.05, 4.69) is 20.9 Å². The van der Waals surface area contributed by atoms with E-state index in [1.54, 1.807) is 0 Å². The van der Waals surface area contributed by atoms with Crippen molar-refractivity contribution in [2.75, 3.05) is 0 Å². The molecule has 2 aromatic rings. The average molecular weight is 277 g/mol. The molecule has 66 valence electrons. The van der Waals surface area contributed by atoms with Gasteiger partial charge in [-0.1, -0.05) is 15.9 Å². The molecule has 0 N–H and O–H groups in total. The molecule has 0 saturated heterocycles. The van der Waals surface area contributed by atoms with Gasteiger partial charge in [-0.3, -0.25) is 4.79 Å². The zero-order valence-corrected chi connectivity index (χ0v) is 9.41. The second-order valence-corrected chi connectivity index (χ2v) is 4.69. The van der Waals surface area contributed by atoms with Gasteiger partial charge in [0.2, 0.25) is 0 Å². The van der Waals surface area contributed by atoms with Crippen LogP contribution in [-0.4, -0.2) is 10.2 Å². The lowest BCUT2D eigenvalue weighted by Gasteiger charge is -1.86. The van der Waals surface area contributed by atoms with Gasteiger partial charge in [-0.2, -0.15) is 0 Å². The monoisotopic (exact) mass is 275 g/mol. The van der Waals surface area contributed by atoms with Gasteiger partial charge in [-0.25, -0.2) is 4.98 Å². The average Bonchev–Trinajstić information content (AvgIpc) is 2.46. The third kappa shape index (κ3) is 1.75. The van der Waals surface area contributed by atoms with Crippen molar-refractivity contribution in [3.05, 3.63) is 27.7 Å². The lowest BCUT2D eigenvalue weighted by Crippen LogP contribution is -1.84. The molecule has 0 amide bonds. The van der Waals surface area contributed by atoms with Gasteiger partial charge in [0, 0.05) is 4.47 Å². The van der Waals surface area contributed by atoms with Crippen LogP contribution in [0.2, 0.25) is 0 Å². The fourth-order valence-corrected chi connectivity index (χ4v) is 2.49. The molecular weight excluding hydrogens is 274 g/mol. The van der Waals surface area contributed by atoms with Crippen molar-refractivity contribution < 1.29 is 4.79 Å². The number of fused-ring (bicyclic) bond motifs is 1. The van der Waals surface area contributed by atoms with E-state index in [4.69, 9.17) is 11.6 Å². The normalized spacial score (nSPS) is 10.6. The molecule has 2 nitrogen and oxygen atoms in total. The number of thiazole rings is 1. The minimum Gasteiger partial charge on any atom is -0.273 e. The Labute approximate surface area is 91.7 Å². The van der Waals surface area contributed by atoms with Gasteiger partial charge in [-0.15, -0.1) is 11.3 Å².